The van der Waals surface area contributed by atoms with Crippen LogP contribution in [0, 0.1) is 0 Å². The fourth-order valence-electron chi connectivity index (χ4n) is 3.11. The molecule has 6 nitrogen and oxygen atoms in total. The van der Waals surface area contributed by atoms with Crippen molar-refractivity contribution in [2.45, 2.75) is 25.5 Å². The first kappa shape index (κ1) is 15.7. The number of carbonyl (C=O) groups excluding carboxylic acids is 1. The highest BCUT2D eigenvalue weighted by Gasteiger charge is 2.27. The van der Waals surface area contributed by atoms with Crippen molar-refractivity contribution in [2.24, 2.45) is 0 Å². The number of benzene rings is 1. The Labute approximate surface area is 146 Å². The van der Waals surface area contributed by atoms with E-state index in [1.807, 2.05) is 36.5 Å². The van der Waals surface area contributed by atoms with Gasteiger partial charge in [0.2, 0.25) is 6.10 Å². The van der Waals surface area contributed by atoms with Gasteiger partial charge in [-0.25, -0.2) is 4.98 Å². The maximum atomic E-state index is 12.3. The molecule has 1 fully saturated rings. The lowest BCUT2D eigenvalue weighted by atomic mass is 10.2. The zero-order valence-corrected chi connectivity index (χ0v) is 14.0. The predicted octanol–water partition coefficient (Wildman–Crippen LogP) is 2.14. The Bertz CT molecular complexity index is 742. The minimum absolute atomic E-state index is 0.182. The topological polar surface area (TPSA) is 63.7 Å². The number of para-hydroxylation sites is 2. The molecule has 130 valence electrons. The summed E-state index contributed by atoms with van der Waals surface area (Å²) in [4.78, 5) is 19.1. The second-order valence-electron chi connectivity index (χ2n) is 6.30. The highest BCUT2D eigenvalue weighted by atomic mass is 16.6. The summed E-state index contributed by atoms with van der Waals surface area (Å²) in [5.74, 6) is 2.10. The quantitative estimate of drug-likeness (QED) is 0.925. The number of fused-ring (bicyclic) bond motifs is 1. The van der Waals surface area contributed by atoms with Crippen LogP contribution in [0.5, 0.6) is 11.5 Å². The lowest BCUT2D eigenvalue weighted by Gasteiger charge is -2.25. The molecule has 3 heterocycles. The number of aromatic nitrogens is 1. The van der Waals surface area contributed by atoms with Crippen LogP contribution in [0.15, 0.2) is 42.6 Å². The van der Waals surface area contributed by atoms with Gasteiger partial charge in [0.15, 0.2) is 11.5 Å². The van der Waals surface area contributed by atoms with Crippen molar-refractivity contribution in [1.29, 1.82) is 0 Å². The SMILES string of the molecule is O=C(NCc1ccc(N2CCCC2)nc1)C1COc2ccccc2O1. The van der Waals surface area contributed by atoms with Crippen LogP contribution in [0.1, 0.15) is 18.4 Å². The number of carbonyl (C=O) groups is 1. The summed E-state index contributed by atoms with van der Waals surface area (Å²) in [6.07, 6.45) is 3.64. The van der Waals surface area contributed by atoms with Gasteiger partial charge in [-0.3, -0.25) is 4.79 Å². The Hall–Kier alpha value is -2.76. The van der Waals surface area contributed by atoms with E-state index in [4.69, 9.17) is 9.47 Å². The molecule has 4 rings (SSSR count). The van der Waals surface area contributed by atoms with Gasteiger partial charge in [0.05, 0.1) is 0 Å². The lowest BCUT2D eigenvalue weighted by molar-refractivity contribution is -0.130. The molecule has 6 heteroatoms. The van der Waals surface area contributed by atoms with Crippen molar-refractivity contribution < 1.29 is 14.3 Å². The summed E-state index contributed by atoms with van der Waals surface area (Å²) in [5, 5.41) is 2.89. The van der Waals surface area contributed by atoms with Crippen molar-refractivity contribution >= 4 is 11.7 Å². The summed E-state index contributed by atoms with van der Waals surface area (Å²) < 4.78 is 11.3. The van der Waals surface area contributed by atoms with Crippen LogP contribution in [0.4, 0.5) is 5.82 Å². The van der Waals surface area contributed by atoms with Crippen molar-refractivity contribution in [2.75, 3.05) is 24.6 Å². The molecule has 0 spiro atoms. The molecule has 2 aromatic rings. The first-order chi connectivity index (χ1) is 12.3. The van der Waals surface area contributed by atoms with Crippen molar-refractivity contribution in [3.63, 3.8) is 0 Å². The average Bonchev–Trinajstić information content (AvgIpc) is 3.21. The molecule has 1 unspecified atom stereocenters. The number of hydrogen-bond donors (Lipinski definition) is 1. The maximum Gasteiger partial charge on any atom is 0.264 e. The van der Waals surface area contributed by atoms with Crippen molar-refractivity contribution in [1.82, 2.24) is 10.3 Å². The Morgan fingerprint density at radius 1 is 1.16 bits per heavy atom. The first-order valence-electron chi connectivity index (χ1n) is 8.66. The van der Waals surface area contributed by atoms with Gasteiger partial charge in [0.1, 0.15) is 12.4 Å². The molecule has 1 saturated heterocycles. The highest BCUT2D eigenvalue weighted by Crippen LogP contribution is 2.30. The van der Waals surface area contributed by atoms with E-state index in [0.717, 1.165) is 24.5 Å². The Kier molecular flexibility index (Phi) is 4.41. The second-order valence-corrected chi connectivity index (χ2v) is 6.30. The third-order valence-electron chi connectivity index (χ3n) is 4.51. The van der Waals surface area contributed by atoms with E-state index in [9.17, 15) is 4.79 Å². The molecule has 2 aliphatic heterocycles. The van der Waals surface area contributed by atoms with E-state index in [0.29, 0.717) is 18.0 Å². The normalized spacial score (nSPS) is 18.9. The molecule has 25 heavy (non-hydrogen) atoms. The van der Waals surface area contributed by atoms with Gasteiger partial charge in [-0.15, -0.1) is 0 Å². The smallest absolute Gasteiger partial charge is 0.264 e. The minimum atomic E-state index is -0.633. The average molecular weight is 339 g/mol. The molecule has 1 N–H and O–H groups in total. The van der Waals surface area contributed by atoms with Crippen LogP contribution in [-0.2, 0) is 11.3 Å². The molecular weight excluding hydrogens is 318 g/mol. The zero-order chi connectivity index (χ0) is 17.1. The van der Waals surface area contributed by atoms with Crippen molar-refractivity contribution in [3.05, 3.63) is 48.2 Å². The van der Waals surface area contributed by atoms with Gasteiger partial charge in [-0.2, -0.15) is 0 Å². The van der Waals surface area contributed by atoms with Crippen LogP contribution < -0.4 is 19.7 Å². The molecule has 0 radical (unpaired) electrons. The summed E-state index contributed by atoms with van der Waals surface area (Å²) in [6.45, 7) is 2.79. The first-order valence-corrected chi connectivity index (χ1v) is 8.66. The molecule has 1 aromatic heterocycles. The standard InChI is InChI=1S/C19H21N3O3/c23-19(17-13-24-15-5-1-2-6-16(15)25-17)21-12-14-7-8-18(20-11-14)22-9-3-4-10-22/h1-2,5-8,11,17H,3-4,9-10,12-13H2,(H,21,23). The van der Waals surface area contributed by atoms with Gasteiger partial charge in [-0.1, -0.05) is 18.2 Å². The van der Waals surface area contributed by atoms with Gasteiger partial charge in [0.25, 0.3) is 5.91 Å². The van der Waals surface area contributed by atoms with Crippen LogP contribution >= 0.6 is 0 Å². The number of nitrogens with zero attached hydrogens (tertiary/aromatic N) is 2. The molecule has 2 aliphatic rings. The van der Waals surface area contributed by atoms with Gasteiger partial charge in [-0.05, 0) is 36.6 Å². The van der Waals surface area contributed by atoms with Crippen LogP contribution in [0.3, 0.4) is 0 Å². The number of ether oxygens (including phenoxy) is 2. The Morgan fingerprint density at radius 2 is 1.96 bits per heavy atom. The third kappa shape index (κ3) is 3.52. The summed E-state index contributed by atoms with van der Waals surface area (Å²) in [7, 11) is 0. The van der Waals surface area contributed by atoms with E-state index in [1.165, 1.54) is 12.8 Å². The van der Waals surface area contributed by atoms with E-state index in [1.54, 1.807) is 6.07 Å². The molecule has 0 saturated carbocycles. The van der Waals surface area contributed by atoms with E-state index in [2.05, 4.69) is 15.2 Å². The minimum Gasteiger partial charge on any atom is -0.485 e. The van der Waals surface area contributed by atoms with E-state index >= 15 is 0 Å². The molecule has 1 atom stereocenters. The fourth-order valence-corrected chi connectivity index (χ4v) is 3.11. The number of pyridine rings is 1. The van der Waals surface area contributed by atoms with Crippen molar-refractivity contribution in [3.8, 4) is 11.5 Å². The zero-order valence-electron chi connectivity index (χ0n) is 14.0. The van der Waals surface area contributed by atoms with Crippen LogP contribution in [-0.4, -0.2) is 36.7 Å². The number of nitrogens with one attached hydrogen (secondary N) is 1. The van der Waals surface area contributed by atoms with Crippen LogP contribution in [0.25, 0.3) is 0 Å². The third-order valence-corrected chi connectivity index (χ3v) is 4.51. The highest BCUT2D eigenvalue weighted by molar-refractivity contribution is 5.81. The molecular formula is C19H21N3O3. The second kappa shape index (κ2) is 7.01. The van der Waals surface area contributed by atoms with E-state index < -0.39 is 6.10 Å². The molecule has 0 aliphatic carbocycles. The van der Waals surface area contributed by atoms with Gasteiger partial charge < -0.3 is 19.7 Å². The predicted molar refractivity (Wildman–Crippen MR) is 93.9 cm³/mol. The monoisotopic (exact) mass is 339 g/mol. The number of rotatable bonds is 4. The lowest BCUT2D eigenvalue weighted by Crippen LogP contribution is -2.43. The summed E-state index contributed by atoms with van der Waals surface area (Å²) >= 11 is 0. The number of amides is 1. The molecule has 0 bridgehead atoms. The summed E-state index contributed by atoms with van der Waals surface area (Å²) in [5.41, 5.74) is 0.966. The molecule has 1 amide bonds. The summed E-state index contributed by atoms with van der Waals surface area (Å²) in [6, 6.07) is 11.4. The van der Waals surface area contributed by atoms with E-state index in [-0.39, 0.29) is 12.5 Å². The fraction of sp³-hybridized carbons (Fsp3) is 0.368. The number of anilines is 1. The molecule has 1 aromatic carbocycles. The number of hydrogen-bond acceptors (Lipinski definition) is 5. The van der Waals surface area contributed by atoms with Gasteiger partial charge in [0, 0.05) is 25.8 Å². The van der Waals surface area contributed by atoms with Crippen LogP contribution in [0.2, 0.25) is 0 Å². The maximum absolute atomic E-state index is 12.3. The largest absolute Gasteiger partial charge is 0.485 e. The Morgan fingerprint density at radius 3 is 2.72 bits per heavy atom. The Balaban J connectivity index is 1.31. The van der Waals surface area contributed by atoms with Gasteiger partial charge >= 0.3 is 0 Å².